The molecule has 0 aliphatic carbocycles. The molecule has 0 aliphatic heterocycles. The maximum atomic E-state index is 10.5. The first-order valence-corrected chi connectivity index (χ1v) is 5.70. The number of rotatable bonds is 6. The Balaban J connectivity index is 2.48. The van der Waals surface area contributed by atoms with Gasteiger partial charge >= 0.3 is 5.97 Å². The third kappa shape index (κ3) is 4.58. The zero-order valence-corrected chi connectivity index (χ0v) is 9.94. The summed E-state index contributed by atoms with van der Waals surface area (Å²) in [4.78, 5) is 10.5. The molecule has 0 aliphatic rings. The summed E-state index contributed by atoms with van der Waals surface area (Å²) in [5.41, 5.74) is -0.738. The molecular weight excluding hydrogens is 232 g/mol. The van der Waals surface area contributed by atoms with Crippen LogP contribution < -0.4 is 0 Å². The summed E-state index contributed by atoms with van der Waals surface area (Å²) in [6.07, 6.45) is 0.581. The largest absolute Gasteiger partial charge is 0.480 e. The normalized spacial score (nSPS) is 11.7. The van der Waals surface area contributed by atoms with Crippen LogP contribution in [-0.4, -0.2) is 47.7 Å². The van der Waals surface area contributed by atoms with Gasteiger partial charge in [0.15, 0.2) is 0 Å². The van der Waals surface area contributed by atoms with E-state index in [0.29, 0.717) is 17.3 Å². The number of carboxylic acid groups (broad SMARTS) is 1. The van der Waals surface area contributed by atoms with Crippen molar-refractivity contribution < 1.29 is 15.0 Å². The first-order chi connectivity index (χ1) is 7.38. The quantitative estimate of drug-likeness (QED) is 0.682. The molecule has 0 amide bonds. The van der Waals surface area contributed by atoms with E-state index < -0.39 is 11.6 Å². The van der Waals surface area contributed by atoms with Crippen molar-refractivity contribution in [2.45, 2.75) is 37.6 Å². The van der Waals surface area contributed by atoms with Gasteiger partial charge in [-0.15, -0.1) is 5.10 Å². The highest BCUT2D eigenvalue weighted by Crippen LogP contribution is 2.18. The van der Waals surface area contributed by atoms with Crippen molar-refractivity contribution in [2.24, 2.45) is 0 Å². The van der Waals surface area contributed by atoms with E-state index in [1.807, 2.05) is 0 Å². The fourth-order valence-corrected chi connectivity index (χ4v) is 2.05. The van der Waals surface area contributed by atoms with Crippen LogP contribution in [-0.2, 0) is 11.3 Å². The van der Waals surface area contributed by atoms with Gasteiger partial charge in [0.2, 0.25) is 5.16 Å². The Morgan fingerprint density at radius 2 is 2.25 bits per heavy atom. The van der Waals surface area contributed by atoms with Gasteiger partial charge in [-0.1, -0.05) is 11.8 Å². The molecule has 0 bridgehead atoms. The Labute approximate surface area is 96.8 Å². The number of carboxylic acids is 1. The van der Waals surface area contributed by atoms with Gasteiger partial charge in [0.1, 0.15) is 6.54 Å². The Morgan fingerprint density at radius 1 is 1.56 bits per heavy atom. The minimum absolute atomic E-state index is 0.252. The molecule has 16 heavy (non-hydrogen) atoms. The maximum absolute atomic E-state index is 10.5. The molecule has 1 rings (SSSR count). The Bertz CT molecular complexity index is 360. The average molecular weight is 246 g/mol. The van der Waals surface area contributed by atoms with Gasteiger partial charge in [0.25, 0.3) is 0 Å². The van der Waals surface area contributed by atoms with Gasteiger partial charge in [-0.25, -0.2) is 4.68 Å². The summed E-state index contributed by atoms with van der Waals surface area (Å²) in [6, 6.07) is 0. The molecule has 90 valence electrons. The smallest absolute Gasteiger partial charge is 0.325 e. The first-order valence-electron chi connectivity index (χ1n) is 4.71. The van der Waals surface area contributed by atoms with Crippen LogP contribution in [0.25, 0.3) is 0 Å². The Hall–Kier alpha value is -1.15. The molecular formula is C8H14N4O3S. The SMILES string of the molecule is CC(C)(O)CCSc1nnnn1CC(=O)O. The number of tetrazole rings is 1. The molecule has 0 unspecified atom stereocenters. The number of nitrogens with zero attached hydrogens (tertiary/aromatic N) is 4. The fraction of sp³-hybridized carbons (Fsp3) is 0.750. The van der Waals surface area contributed by atoms with Crippen LogP contribution in [0.15, 0.2) is 5.16 Å². The van der Waals surface area contributed by atoms with Crippen LogP contribution in [0.5, 0.6) is 0 Å². The van der Waals surface area contributed by atoms with Crippen molar-refractivity contribution in [3.8, 4) is 0 Å². The van der Waals surface area contributed by atoms with Gasteiger partial charge in [0.05, 0.1) is 5.60 Å². The fourth-order valence-electron chi connectivity index (χ4n) is 0.919. The molecule has 0 saturated heterocycles. The number of hydrogen-bond donors (Lipinski definition) is 2. The molecule has 0 saturated carbocycles. The maximum Gasteiger partial charge on any atom is 0.325 e. The van der Waals surface area contributed by atoms with Crippen molar-refractivity contribution >= 4 is 17.7 Å². The number of aromatic nitrogens is 4. The van der Waals surface area contributed by atoms with Gasteiger partial charge in [0, 0.05) is 5.75 Å². The van der Waals surface area contributed by atoms with E-state index in [9.17, 15) is 9.90 Å². The van der Waals surface area contributed by atoms with E-state index in [0.717, 1.165) is 0 Å². The van der Waals surface area contributed by atoms with Crippen LogP contribution in [0.4, 0.5) is 0 Å². The van der Waals surface area contributed by atoms with Gasteiger partial charge < -0.3 is 10.2 Å². The number of aliphatic hydroxyl groups is 1. The average Bonchev–Trinajstić information content (AvgIpc) is 2.49. The van der Waals surface area contributed by atoms with Crippen molar-refractivity contribution in [1.82, 2.24) is 20.2 Å². The highest BCUT2D eigenvalue weighted by Gasteiger charge is 2.14. The number of hydrogen-bond acceptors (Lipinski definition) is 6. The van der Waals surface area contributed by atoms with Crippen LogP contribution in [0.3, 0.4) is 0 Å². The van der Waals surface area contributed by atoms with E-state index in [2.05, 4.69) is 15.5 Å². The van der Waals surface area contributed by atoms with Crippen molar-refractivity contribution in [2.75, 3.05) is 5.75 Å². The van der Waals surface area contributed by atoms with Crippen LogP contribution in [0.2, 0.25) is 0 Å². The van der Waals surface area contributed by atoms with Crippen LogP contribution in [0.1, 0.15) is 20.3 Å². The molecule has 0 atom stereocenters. The number of aliphatic carboxylic acids is 1. The Morgan fingerprint density at radius 3 is 2.81 bits per heavy atom. The summed E-state index contributed by atoms with van der Waals surface area (Å²) < 4.78 is 1.22. The van der Waals surface area contributed by atoms with E-state index in [1.165, 1.54) is 16.4 Å². The standard InChI is InChI=1S/C8H14N4O3S/c1-8(2,15)3-4-16-7-9-10-11-12(7)5-6(13)14/h15H,3-5H2,1-2H3,(H,13,14). The molecule has 0 fully saturated rings. The molecule has 7 nitrogen and oxygen atoms in total. The molecule has 1 heterocycles. The predicted molar refractivity (Wildman–Crippen MR) is 57.1 cm³/mol. The van der Waals surface area contributed by atoms with Crippen molar-refractivity contribution in [1.29, 1.82) is 0 Å². The zero-order chi connectivity index (χ0) is 12.2. The van der Waals surface area contributed by atoms with Crippen LogP contribution >= 0.6 is 11.8 Å². The summed E-state index contributed by atoms with van der Waals surface area (Å²) in [7, 11) is 0. The minimum atomic E-state index is -0.989. The minimum Gasteiger partial charge on any atom is -0.480 e. The predicted octanol–water partition coefficient (Wildman–Crippen LogP) is 0.0108. The van der Waals surface area contributed by atoms with Crippen molar-refractivity contribution in [3.63, 3.8) is 0 Å². The van der Waals surface area contributed by atoms with E-state index in [4.69, 9.17) is 5.11 Å². The van der Waals surface area contributed by atoms with E-state index >= 15 is 0 Å². The van der Waals surface area contributed by atoms with E-state index in [-0.39, 0.29) is 6.54 Å². The second kappa shape index (κ2) is 5.26. The summed E-state index contributed by atoms with van der Waals surface area (Å²) >= 11 is 1.33. The topological polar surface area (TPSA) is 101 Å². The molecule has 0 radical (unpaired) electrons. The van der Waals surface area contributed by atoms with Gasteiger partial charge in [-0.3, -0.25) is 4.79 Å². The molecule has 1 aromatic rings. The van der Waals surface area contributed by atoms with Crippen LogP contribution in [0, 0.1) is 0 Å². The number of thioether (sulfide) groups is 1. The van der Waals surface area contributed by atoms with Gasteiger partial charge in [-0.2, -0.15) is 0 Å². The molecule has 0 spiro atoms. The highest BCUT2D eigenvalue weighted by molar-refractivity contribution is 7.99. The second-order valence-electron chi connectivity index (χ2n) is 3.92. The zero-order valence-electron chi connectivity index (χ0n) is 9.12. The number of carbonyl (C=O) groups is 1. The lowest BCUT2D eigenvalue weighted by Crippen LogP contribution is -2.19. The first kappa shape index (κ1) is 12.9. The van der Waals surface area contributed by atoms with Crippen molar-refractivity contribution in [3.05, 3.63) is 0 Å². The van der Waals surface area contributed by atoms with Gasteiger partial charge in [-0.05, 0) is 30.7 Å². The second-order valence-corrected chi connectivity index (χ2v) is 4.99. The molecule has 2 N–H and O–H groups in total. The molecule has 0 aromatic carbocycles. The monoisotopic (exact) mass is 246 g/mol. The summed E-state index contributed by atoms with van der Waals surface area (Å²) in [5.74, 6) is -0.361. The molecule has 8 heteroatoms. The third-order valence-corrected chi connectivity index (χ3v) is 2.69. The highest BCUT2D eigenvalue weighted by atomic mass is 32.2. The Kier molecular flexibility index (Phi) is 4.25. The lowest BCUT2D eigenvalue weighted by molar-refractivity contribution is -0.138. The lowest BCUT2D eigenvalue weighted by Gasteiger charge is -2.15. The summed E-state index contributed by atoms with van der Waals surface area (Å²) in [6.45, 7) is 3.18. The molecule has 1 aromatic heterocycles. The summed E-state index contributed by atoms with van der Waals surface area (Å²) in [5, 5.41) is 29.2. The third-order valence-electron chi connectivity index (χ3n) is 1.73. The van der Waals surface area contributed by atoms with E-state index in [1.54, 1.807) is 13.8 Å². The lowest BCUT2D eigenvalue weighted by atomic mass is 10.1.